The Balaban J connectivity index is 1.51. The monoisotopic (exact) mass is 359 g/mol. The van der Waals surface area contributed by atoms with Gasteiger partial charge in [0.05, 0.1) is 0 Å². The maximum atomic E-state index is 4.72. The molecule has 7 heteroatoms. The van der Waals surface area contributed by atoms with Crippen molar-refractivity contribution < 1.29 is 0 Å². The summed E-state index contributed by atoms with van der Waals surface area (Å²) in [5, 5.41) is 18.8. The predicted octanol–water partition coefficient (Wildman–Crippen LogP) is 2.70. The average Bonchev–Trinajstić information content (AvgIpc) is 3.16. The van der Waals surface area contributed by atoms with Gasteiger partial charge in [-0.2, -0.15) is 0 Å². The van der Waals surface area contributed by atoms with Crippen molar-refractivity contribution >= 4 is 27.9 Å². The van der Waals surface area contributed by atoms with Crippen molar-refractivity contribution in [3.8, 4) is 0 Å². The first-order valence-electron chi connectivity index (χ1n) is 9.26. The topological polar surface area (TPSA) is 62.5 Å². The quantitative estimate of drug-likeness (QED) is 0.548. The molecule has 3 heterocycles. The zero-order valence-corrected chi connectivity index (χ0v) is 15.4. The van der Waals surface area contributed by atoms with Crippen molar-refractivity contribution in [1.82, 2.24) is 25.3 Å². The maximum absolute atomic E-state index is 4.72. The van der Waals surface area contributed by atoms with Crippen LogP contribution in [0.1, 0.15) is 12.5 Å². The van der Waals surface area contributed by atoms with E-state index in [2.05, 4.69) is 75.6 Å². The molecule has 0 spiro atoms. The van der Waals surface area contributed by atoms with Crippen LogP contribution >= 0.6 is 0 Å². The first-order chi connectivity index (χ1) is 13.2. The van der Waals surface area contributed by atoms with Crippen LogP contribution in [0.4, 0.5) is 11.5 Å². The summed E-state index contributed by atoms with van der Waals surface area (Å²) in [6, 6.07) is 17.3. The normalized spacial score (nSPS) is 17.8. The van der Waals surface area contributed by atoms with Crippen LogP contribution < -0.4 is 9.80 Å². The number of piperazine rings is 1. The van der Waals surface area contributed by atoms with Crippen molar-refractivity contribution in [1.29, 1.82) is 0 Å². The molecule has 1 aliphatic heterocycles. The van der Waals surface area contributed by atoms with Crippen molar-refractivity contribution in [2.45, 2.75) is 19.9 Å². The number of nitrogens with zero attached hydrogens (tertiary/aromatic N) is 7. The second-order valence-electron chi connectivity index (χ2n) is 7.19. The molecule has 136 valence electrons. The molecule has 27 heavy (non-hydrogen) atoms. The predicted molar refractivity (Wildman–Crippen MR) is 106 cm³/mol. The van der Waals surface area contributed by atoms with Crippen molar-refractivity contribution in [3.63, 3.8) is 0 Å². The molecule has 0 saturated carbocycles. The fraction of sp³-hybridized carbons (Fsp3) is 0.300. The number of anilines is 2. The molecule has 1 atom stereocenters. The smallest absolute Gasteiger partial charge is 0.207 e. The molecule has 1 unspecified atom stereocenters. The van der Waals surface area contributed by atoms with Gasteiger partial charge in [-0.15, -0.1) is 14.8 Å². The molecule has 0 bridgehead atoms. The summed E-state index contributed by atoms with van der Waals surface area (Å²) in [6.45, 7) is 7.17. The third-order valence-corrected chi connectivity index (χ3v) is 5.31. The number of aryl methyl sites for hydroxylation is 1. The Kier molecular flexibility index (Phi) is 3.67. The molecule has 1 saturated heterocycles. The van der Waals surface area contributed by atoms with Gasteiger partial charge in [0.2, 0.25) is 5.65 Å². The van der Waals surface area contributed by atoms with E-state index in [4.69, 9.17) is 5.10 Å². The average molecular weight is 359 g/mol. The van der Waals surface area contributed by atoms with Gasteiger partial charge in [0.25, 0.3) is 0 Å². The number of benzene rings is 2. The molecular formula is C20H21N7. The first-order valence-corrected chi connectivity index (χ1v) is 9.26. The van der Waals surface area contributed by atoms with E-state index in [-0.39, 0.29) is 0 Å². The largest absolute Gasteiger partial charge is 0.365 e. The molecule has 0 N–H and O–H groups in total. The van der Waals surface area contributed by atoms with Crippen LogP contribution in [0, 0.1) is 6.92 Å². The number of hydrogen-bond acceptors (Lipinski definition) is 6. The van der Waals surface area contributed by atoms with Gasteiger partial charge in [0, 0.05) is 42.1 Å². The summed E-state index contributed by atoms with van der Waals surface area (Å²) in [4.78, 5) is 4.82. The Hall–Kier alpha value is -3.22. The van der Waals surface area contributed by atoms with Gasteiger partial charge in [0.1, 0.15) is 0 Å². The van der Waals surface area contributed by atoms with Gasteiger partial charge < -0.3 is 9.80 Å². The SMILES string of the molecule is Cc1cccc(N2CCN(c3nn4nnnc4c4ccccc34)CC2C)c1. The minimum absolute atomic E-state index is 0.380. The Morgan fingerprint density at radius 3 is 2.67 bits per heavy atom. The van der Waals surface area contributed by atoms with Crippen molar-refractivity contribution in [2.24, 2.45) is 0 Å². The van der Waals surface area contributed by atoms with Gasteiger partial charge in [-0.3, -0.25) is 0 Å². The molecule has 4 aromatic rings. The Labute approximate surface area is 157 Å². The van der Waals surface area contributed by atoms with Crippen LogP contribution in [0.2, 0.25) is 0 Å². The summed E-state index contributed by atoms with van der Waals surface area (Å²) in [5.74, 6) is 0.946. The Morgan fingerprint density at radius 1 is 1.00 bits per heavy atom. The molecule has 2 aromatic carbocycles. The third kappa shape index (κ3) is 2.66. The maximum Gasteiger partial charge on any atom is 0.207 e. The lowest BCUT2D eigenvalue weighted by Crippen LogP contribution is -2.52. The van der Waals surface area contributed by atoms with E-state index in [0.717, 1.165) is 36.2 Å². The van der Waals surface area contributed by atoms with Crippen molar-refractivity contribution in [2.75, 3.05) is 29.4 Å². The Bertz CT molecular complexity index is 1120. The van der Waals surface area contributed by atoms with Crippen LogP contribution in [0.25, 0.3) is 16.4 Å². The molecule has 2 aromatic heterocycles. The third-order valence-electron chi connectivity index (χ3n) is 5.31. The van der Waals surface area contributed by atoms with Crippen LogP contribution in [0.3, 0.4) is 0 Å². The zero-order valence-electron chi connectivity index (χ0n) is 15.4. The summed E-state index contributed by atoms with van der Waals surface area (Å²) >= 11 is 0. The standard InChI is InChI=1S/C20H21N7/c1-14-6-5-7-16(12-14)26-11-10-25(13-15(26)2)20-18-9-4-3-8-17(18)19-21-23-24-27(19)22-20/h3-9,12,15H,10-11,13H2,1-2H3. The van der Waals surface area contributed by atoms with Crippen LogP contribution in [-0.2, 0) is 0 Å². The lowest BCUT2D eigenvalue weighted by molar-refractivity contribution is 0.544. The molecule has 0 aliphatic carbocycles. The molecule has 1 fully saturated rings. The van der Waals surface area contributed by atoms with E-state index in [0.29, 0.717) is 11.7 Å². The molecule has 7 nitrogen and oxygen atoms in total. The van der Waals surface area contributed by atoms with Gasteiger partial charge in [0.15, 0.2) is 5.82 Å². The van der Waals surface area contributed by atoms with E-state index in [1.54, 1.807) is 0 Å². The molecule has 1 aliphatic rings. The summed E-state index contributed by atoms with van der Waals surface area (Å²) < 4.78 is 1.54. The second-order valence-corrected chi connectivity index (χ2v) is 7.19. The highest BCUT2D eigenvalue weighted by atomic mass is 15.6. The van der Waals surface area contributed by atoms with Gasteiger partial charge >= 0.3 is 0 Å². The van der Waals surface area contributed by atoms with Crippen molar-refractivity contribution in [3.05, 3.63) is 54.1 Å². The molecule has 0 radical (unpaired) electrons. The number of rotatable bonds is 2. The number of aromatic nitrogens is 5. The summed E-state index contributed by atoms with van der Waals surface area (Å²) in [7, 11) is 0. The lowest BCUT2D eigenvalue weighted by atomic mass is 10.1. The Morgan fingerprint density at radius 2 is 1.85 bits per heavy atom. The number of fused-ring (bicyclic) bond motifs is 3. The van der Waals surface area contributed by atoms with Gasteiger partial charge in [-0.25, -0.2) is 0 Å². The van der Waals surface area contributed by atoms with Crippen LogP contribution in [0.15, 0.2) is 48.5 Å². The summed E-state index contributed by atoms with van der Waals surface area (Å²) in [6.07, 6.45) is 0. The highest BCUT2D eigenvalue weighted by molar-refractivity contribution is 6.00. The van der Waals surface area contributed by atoms with Gasteiger partial charge in [-0.1, -0.05) is 36.4 Å². The first kappa shape index (κ1) is 16.0. The zero-order chi connectivity index (χ0) is 18.4. The lowest BCUT2D eigenvalue weighted by Gasteiger charge is -2.42. The van der Waals surface area contributed by atoms with E-state index in [9.17, 15) is 0 Å². The van der Waals surface area contributed by atoms with E-state index < -0.39 is 0 Å². The van der Waals surface area contributed by atoms with Gasteiger partial charge in [-0.05, 0) is 42.0 Å². The van der Waals surface area contributed by atoms with E-state index >= 15 is 0 Å². The minimum atomic E-state index is 0.380. The second kappa shape index (κ2) is 6.19. The highest BCUT2D eigenvalue weighted by Gasteiger charge is 2.26. The van der Waals surface area contributed by atoms with Crippen LogP contribution in [-0.4, -0.2) is 50.9 Å². The summed E-state index contributed by atoms with van der Waals surface area (Å²) in [5.41, 5.74) is 3.27. The minimum Gasteiger partial charge on any atom is -0.365 e. The molecule has 5 rings (SSSR count). The van der Waals surface area contributed by atoms with Crippen LogP contribution in [0.5, 0.6) is 0 Å². The molecule has 0 amide bonds. The number of tetrazole rings is 1. The molecular weight excluding hydrogens is 338 g/mol. The van der Waals surface area contributed by atoms with E-state index in [1.165, 1.54) is 15.9 Å². The van der Waals surface area contributed by atoms with E-state index in [1.807, 2.05) is 12.1 Å². The number of hydrogen-bond donors (Lipinski definition) is 0. The fourth-order valence-corrected chi connectivity index (χ4v) is 4.00. The fourth-order valence-electron chi connectivity index (χ4n) is 4.00. The highest BCUT2D eigenvalue weighted by Crippen LogP contribution is 2.29.